The summed E-state index contributed by atoms with van der Waals surface area (Å²) in [6.07, 6.45) is 3.76. The minimum atomic E-state index is -3.55. The first-order valence-corrected chi connectivity index (χ1v) is 12.8. The van der Waals surface area contributed by atoms with Gasteiger partial charge in [0.1, 0.15) is 5.82 Å². The number of carbonyl (C=O) groups is 1. The number of aromatic nitrogens is 4. The summed E-state index contributed by atoms with van der Waals surface area (Å²) in [5.41, 5.74) is 1.96. The van der Waals surface area contributed by atoms with E-state index in [-0.39, 0.29) is 16.4 Å². The molecule has 1 saturated carbocycles. The number of carbonyl (C=O) groups excluding carboxylic acids is 1. The zero-order valence-corrected chi connectivity index (χ0v) is 19.9. The number of nitrogens with one attached hydrogen (secondary N) is 2. The number of aromatic amines is 1. The van der Waals surface area contributed by atoms with E-state index in [9.17, 15) is 18.0 Å². The third-order valence-electron chi connectivity index (χ3n) is 6.37. The van der Waals surface area contributed by atoms with Crippen LogP contribution in [-0.2, 0) is 10.0 Å². The van der Waals surface area contributed by atoms with Gasteiger partial charge in [-0.2, -0.15) is 14.1 Å². The van der Waals surface area contributed by atoms with E-state index in [4.69, 9.17) is 0 Å². The molecule has 2 aliphatic rings. The summed E-state index contributed by atoms with van der Waals surface area (Å²) in [4.78, 5) is 32.6. The molecule has 2 N–H and O–H groups in total. The van der Waals surface area contributed by atoms with Gasteiger partial charge in [0.25, 0.3) is 11.5 Å². The molecule has 34 heavy (non-hydrogen) atoms. The maximum Gasteiger partial charge on any atom is 0.256 e. The van der Waals surface area contributed by atoms with E-state index in [0.29, 0.717) is 41.6 Å². The van der Waals surface area contributed by atoms with Crippen molar-refractivity contribution >= 4 is 21.7 Å². The van der Waals surface area contributed by atoms with Gasteiger partial charge in [-0.1, -0.05) is 0 Å². The van der Waals surface area contributed by atoms with Crippen LogP contribution >= 0.6 is 0 Å². The van der Waals surface area contributed by atoms with Gasteiger partial charge in [-0.25, -0.2) is 13.4 Å². The molecular formula is C23H26N6O4S. The lowest BCUT2D eigenvalue weighted by atomic mass is 10.2. The van der Waals surface area contributed by atoms with Crippen molar-refractivity contribution in [2.75, 3.05) is 18.4 Å². The molecule has 1 aliphatic carbocycles. The highest BCUT2D eigenvalue weighted by Gasteiger charge is 2.29. The quantitative estimate of drug-likeness (QED) is 0.555. The van der Waals surface area contributed by atoms with Crippen molar-refractivity contribution in [3.05, 3.63) is 63.2 Å². The molecule has 3 aromatic rings. The minimum Gasteiger partial charge on any atom is -0.306 e. The summed E-state index contributed by atoms with van der Waals surface area (Å²) in [6.45, 7) is 4.48. The second kappa shape index (κ2) is 8.48. The van der Waals surface area contributed by atoms with Crippen LogP contribution in [0.5, 0.6) is 0 Å². The minimum absolute atomic E-state index is 0.170. The molecule has 2 aromatic heterocycles. The van der Waals surface area contributed by atoms with E-state index >= 15 is 0 Å². The Hall–Kier alpha value is -3.31. The normalized spacial score (nSPS) is 16.6. The van der Waals surface area contributed by atoms with E-state index in [0.717, 1.165) is 31.4 Å². The fourth-order valence-electron chi connectivity index (χ4n) is 4.00. The average molecular weight is 483 g/mol. The second-order valence-corrected chi connectivity index (χ2v) is 10.8. The highest BCUT2D eigenvalue weighted by molar-refractivity contribution is 7.89. The van der Waals surface area contributed by atoms with Crippen molar-refractivity contribution in [3.8, 4) is 5.95 Å². The summed E-state index contributed by atoms with van der Waals surface area (Å²) >= 11 is 0. The number of rotatable bonds is 6. The fraction of sp³-hybridized carbons (Fsp3) is 0.391. The molecule has 0 spiro atoms. The molecule has 11 heteroatoms. The third kappa shape index (κ3) is 4.16. The Labute approximate surface area is 197 Å². The number of anilines is 1. The topological polar surface area (TPSA) is 130 Å². The number of sulfonamides is 1. The van der Waals surface area contributed by atoms with Crippen LogP contribution in [0.3, 0.4) is 0 Å². The fourth-order valence-corrected chi connectivity index (χ4v) is 5.52. The number of H-pyrrole nitrogens is 1. The molecular weight excluding hydrogens is 456 g/mol. The van der Waals surface area contributed by atoms with Crippen molar-refractivity contribution in [1.29, 1.82) is 0 Å². The zero-order valence-electron chi connectivity index (χ0n) is 19.0. The first-order valence-electron chi connectivity index (χ1n) is 11.3. The molecule has 1 saturated heterocycles. The van der Waals surface area contributed by atoms with Crippen LogP contribution in [0.25, 0.3) is 5.95 Å². The van der Waals surface area contributed by atoms with Crippen molar-refractivity contribution in [1.82, 2.24) is 24.1 Å². The van der Waals surface area contributed by atoms with Gasteiger partial charge in [-0.3, -0.25) is 14.6 Å². The van der Waals surface area contributed by atoms with Gasteiger partial charge in [-0.15, -0.1) is 0 Å². The SMILES string of the molecule is Cc1nc(-n2nc(C3CC3)cc2NC(=O)c2ccc(S(=O)(=O)N3CCCC3)cc2)[nH]c(=O)c1C. The van der Waals surface area contributed by atoms with E-state index in [1.165, 1.54) is 33.3 Å². The molecule has 10 nitrogen and oxygen atoms in total. The molecule has 0 radical (unpaired) electrons. The predicted octanol–water partition coefficient (Wildman–Crippen LogP) is 2.49. The van der Waals surface area contributed by atoms with Crippen LogP contribution in [0, 0.1) is 13.8 Å². The Kier molecular flexibility index (Phi) is 5.61. The highest BCUT2D eigenvalue weighted by atomic mass is 32.2. The van der Waals surface area contributed by atoms with Crippen LogP contribution in [0.1, 0.15) is 58.9 Å². The van der Waals surface area contributed by atoms with E-state index in [1.807, 2.05) is 0 Å². The molecule has 0 bridgehead atoms. The smallest absolute Gasteiger partial charge is 0.256 e. The summed E-state index contributed by atoms with van der Waals surface area (Å²) < 4.78 is 28.4. The van der Waals surface area contributed by atoms with Crippen molar-refractivity contribution in [3.63, 3.8) is 0 Å². The summed E-state index contributed by atoms with van der Waals surface area (Å²) in [7, 11) is -3.55. The number of aryl methyl sites for hydroxylation is 1. The monoisotopic (exact) mass is 482 g/mol. The van der Waals surface area contributed by atoms with Gasteiger partial charge in [0.15, 0.2) is 0 Å². The maximum atomic E-state index is 13.0. The molecule has 1 amide bonds. The second-order valence-electron chi connectivity index (χ2n) is 8.83. The molecule has 1 aliphatic heterocycles. The van der Waals surface area contributed by atoms with Crippen molar-refractivity contribution < 1.29 is 13.2 Å². The van der Waals surface area contributed by atoms with E-state index < -0.39 is 15.9 Å². The van der Waals surface area contributed by atoms with Crippen molar-refractivity contribution in [2.24, 2.45) is 0 Å². The first kappa shape index (κ1) is 22.5. The van der Waals surface area contributed by atoms with Gasteiger partial charge in [-0.05, 0) is 63.8 Å². The number of hydrogen-bond acceptors (Lipinski definition) is 6. The predicted molar refractivity (Wildman–Crippen MR) is 126 cm³/mol. The lowest BCUT2D eigenvalue weighted by molar-refractivity contribution is 0.102. The van der Waals surface area contributed by atoms with Crippen LogP contribution < -0.4 is 10.9 Å². The van der Waals surface area contributed by atoms with Crippen LogP contribution in [0.15, 0.2) is 40.0 Å². The molecule has 2 fully saturated rings. The Balaban J connectivity index is 1.42. The summed E-state index contributed by atoms with van der Waals surface area (Å²) in [5, 5.41) is 7.41. The Morgan fingerprint density at radius 3 is 2.41 bits per heavy atom. The third-order valence-corrected chi connectivity index (χ3v) is 8.28. The number of amides is 1. The number of benzene rings is 1. The lowest BCUT2D eigenvalue weighted by Crippen LogP contribution is -2.27. The molecule has 0 unspecified atom stereocenters. The zero-order chi connectivity index (χ0) is 24.0. The summed E-state index contributed by atoms with van der Waals surface area (Å²) in [5.74, 6) is 0.513. The van der Waals surface area contributed by atoms with Gasteiger partial charge >= 0.3 is 0 Å². The number of hydrogen-bond donors (Lipinski definition) is 2. The highest BCUT2D eigenvalue weighted by Crippen LogP contribution is 2.40. The van der Waals surface area contributed by atoms with E-state index in [1.54, 1.807) is 19.9 Å². The molecule has 0 atom stereocenters. The Morgan fingerprint density at radius 1 is 1.12 bits per heavy atom. The van der Waals surface area contributed by atoms with Crippen LogP contribution in [0.2, 0.25) is 0 Å². The average Bonchev–Trinajstić information content (AvgIpc) is 3.34. The first-order chi connectivity index (χ1) is 16.2. The molecule has 1 aromatic carbocycles. The standard InChI is InChI=1S/C23H26N6O4S/c1-14-15(2)24-23(26-21(14)30)29-20(13-19(27-29)16-5-6-16)25-22(31)17-7-9-18(10-8-17)34(32,33)28-11-3-4-12-28/h7-10,13,16H,3-6,11-12H2,1-2H3,(H,25,31)(H,24,26,30). The molecule has 5 rings (SSSR count). The van der Waals surface area contributed by atoms with Crippen LogP contribution in [0.4, 0.5) is 5.82 Å². The van der Waals surface area contributed by atoms with Gasteiger partial charge in [0.2, 0.25) is 16.0 Å². The van der Waals surface area contributed by atoms with E-state index in [2.05, 4.69) is 20.4 Å². The Bertz CT molecular complexity index is 1410. The molecule has 178 valence electrons. The Morgan fingerprint density at radius 2 is 1.79 bits per heavy atom. The van der Waals surface area contributed by atoms with Gasteiger partial charge in [0, 0.05) is 41.9 Å². The largest absolute Gasteiger partial charge is 0.306 e. The van der Waals surface area contributed by atoms with Crippen LogP contribution in [-0.4, -0.2) is 51.5 Å². The maximum absolute atomic E-state index is 13.0. The number of nitrogens with zero attached hydrogens (tertiary/aromatic N) is 4. The lowest BCUT2D eigenvalue weighted by Gasteiger charge is -2.15. The van der Waals surface area contributed by atoms with Crippen molar-refractivity contribution in [2.45, 2.75) is 50.3 Å². The van der Waals surface area contributed by atoms with Gasteiger partial charge in [0.05, 0.1) is 10.6 Å². The summed E-state index contributed by atoms with van der Waals surface area (Å²) in [6, 6.07) is 7.70. The van der Waals surface area contributed by atoms with Gasteiger partial charge < -0.3 is 5.32 Å². The molecule has 3 heterocycles.